The Balaban J connectivity index is 2.81. The zero-order valence-corrected chi connectivity index (χ0v) is 8.79. The van der Waals surface area contributed by atoms with E-state index in [-0.39, 0.29) is 6.42 Å². The van der Waals surface area contributed by atoms with Crippen LogP contribution in [0.2, 0.25) is 0 Å². The number of carboxylic acid groups (broad SMARTS) is 1. The topological polar surface area (TPSA) is 66.0 Å². The van der Waals surface area contributed by atoms with Gasteiger partial charge in [0.2, 0.25) is 0 Å². The van der Waals surface area contributed by atoms with Gasteiger partial charge in [-0.2, -0.15) is 5.10 Å². The minimum absolute atomic E-state index is 0.143. The molecule has 0 aliphatic carbocycles. The minimum Gasteiger partial charge on any atom is -0.481 e. The maximum Gasteiger partial charge on any atom is 0.303 e. The summed E-state index contributed by atoms with van der Waals surface area (Å²) in [7, 11) is 0. The Labute approximate surface area is 83.3 Å². The van der Waals surface area contributed by atoms with Gasteiger partial charge in [-0.15, -0.1) is 0 Å². The van der Waals surface area contributed by atoms with Crippen molar-refractivity contribution in [3.8, 4) is 0 Å². The van der Waals surface area contributed by atoms with Crippen molar-refractivity contribution in [2.24, 2.45) is 0 Å². The Morgan fingerprint density at radius 2 is 2.21 bits per heavy atom. The number of carboxylic acids is 1. The lowest BCUT2D eigenvalue weighted by molar-refractivity contribution is -0.136. The van der Waals surface area contributed by atoms with Crippen molar-refractivity contribution < 1.29 is 9.90 Å². The Morgan fingerprint density at radius 3 is 2.71 bits per heavy atom. The summed E-state index contributed by atoms with van der Waals surface area (Å²) in [4.78, 5) is 10.4. The molecule has 0 aliphatic rings. The van der Waals surface area contributed by atoms with Gasteiger partial charge in [0.1, 0.15) is 0 Å². The van der Waals surface area contributed by atoms with Gasteiger partial charge in [0.25, 0.3) is 0 Å². The van der Waals surface area contributed by atoms with Crippen molar-refractivity contribution in [2.45, 2.75) is 39.5 Å². The summed E-state index contributed by atoms with van der Waals surface area (Å²) in [5.41, 5.74) is 3.09. The summed E-state index contributed by atoms with van der Waals surface area (Å²) in [6.45, 7) is 6.14. The van der Waals surface area contributed by atoms with Gasteiger partial charge in [-0.1, -0.05) is 13.8 Å². The quantitative estimate of drug-likeness (QED) is 0.772. The van der Waals surface area contributed by atoms with Crippen LogP contribution < -0.4 is 0 Å². The van der Waals surface area contributed by atoms with E-state index in [0.29, 0.717) is 12.3 Å². The second kappa shape index (κ2) is 4.26. The molecule has 4 nitrogen and oxygen atoms in total. The molecule has 4 heteroatoms. The second-order valence-electron chi connectivity index (χ2n) is 3.76. The molecule has 1 aromatic rings. The normalized spacial score (nSPS) is 10.9. The fraction of sp³-hybridized carbons (Fsp3) is 0.600. The highest BCUT2D eigenvalue weighted by molar-refractivity contribution is 5.67. The molecule has 0 saturated heterocycles. The Kier molecular flexibility index (Phi) is 3.28. The summed E-state index contributed by atoms with van der Waals surface area (Å²) in [5.74, 6) is -0.391. The fourth-order valence-electron chi connectivity index (χ4n) is 1.67. The van der Waals surface area contributed by atoms with E-state index < -0.39 is 5.97 Å². The summed E-state index contributed by atoms with van der Waals surface area (Å²) in [5, 5.41) is 15.6. The lowest BCUT2D eigenvalue weighted by Crippen LogP contribution is -2.01. The number of hydrogen-bond donors (Lipinski definition) is 2. The molecular formula is C10H16N2O2. The van der Waals surface area contributed by atoms with Gasteiger partial charge in [0, 0.05) is 12.1 Å². The number of aromatic nitrogens is 2. The van der Waals surface area contributed by atoms with Crippen LogP contribution in [-0.2, 0) is 11.2 Å². The molecule has 0 radical (unpaired) electrons. The van der Waals surface area contributed by atoms with Gasteiger partial charge in [0.15, 0.2) is 0 Å². The van der Waals surface area contributed by atoms with E-state index in [1.165, 1.54) is 0 Å². The highest BCUT2D eigenvalue weighted by Gasteiger charge is 2.13. The number of carbonyl (C=O) groups is 1. The third-order valence-electron chi connectivity index (χ3n) is 2.23. The molecule has 1 aromatic heterocycles. The second-order valence-corrected chi connectivity index (χ2v) is 3.76. The molecule has 2 N–H and O–H groups in total. The molecule has 0 aromatic carbocycles. The molecule has 1 rings (SSSR count). The Bertz CT molecular complexity index is 329. The number of hydrogen-bond acceptors (Lipinski definition) is 2. The van der Waals surface area contributed by atoms with Gasteiger partial charge in [-0.05, 0) is 18.4 Å². The lowest BCUT2D eigenvalue weighted by atomic mass is 9.99. The lowest BCUT2D eigenvalue weighted by Gasteiger charge is -2.05. The van der Waals surface area contributed by atoms with Crippen LogP contribution in [0, 0.1) is 6.92 Å². The van der Waals surface area contributed by atoms with Crippen LogP contribution in [0.15, 0.2) is 0 Å². The van der Waals surface area contributed by atoms with Crippen LogP contribution >= 0.6 is 0 Å². The first-order valence-electron chi connectivity index (χ1n) is 4.78. The first-order chi connectivity index (χ1) is 6.52. The van der Waals surface area contributed by atoms with Crippen LogP contribution in [0.5, 0.6) is 0 Å². The van der Waals surface area contributed by atoms with Crippen molar-refractivity contribution >= 4 is 5.97 Å². The van der Waals surface area contributed by atoms with E-state index in [0.717, 1.165) is 17.0 Å². The monoisotopic (exact) mass is 196 g/mol. The molecule has 0 aliphatic heterocycles. The maximum atomic E-state index is 10.4. The van der Waals surface area contributed by atoms with Crippen molar-refractivity contribution in [2.75, 3.05) is 0 Å². The predicted octanol–water partition coefficient (Wildman–Crippen LogP) is 1.86. The summed E-state index contributed by atoms with van der Waals surface area (Å²) < 4.78 is 0. The van der Waals surface area contributed by atoms with Crippen LogP contribution in [0.25, 0.3) is 0 Å². The molecule has 0 atom stereocenters. The summed E-state index contributed by atoms with van der Waals surface area (Å²) in [6, 6.07) is 0. The molecule has 78 valence electrons. The Hall–Kier alpha value is -1.32. The number of nitrogens with zero attached hydrogens (tertiary/aromatic N) is 1. The average Bonchev–Trinajstić information content (AvgIpc) is 2.43. The van der Waals surface area contributed by atoms with Crippen LogP contribution in [-0.4, -0.2) is 21.3 Å². The highest BCUT2D eigenvalue weighted by atomic mass is 16.4. The molecule has 0 fully saturated rings. The summed E-state index contributed by atoms with van der Waals surface area (Å²) in [6.07, 6.45) is 0.650. The highest BCUT2D eigenvalue weighted by Crippen LogP contribution is 2.21. The van der Waals surface area contributed by atoms with Gasteiger partial charge in [-0.3, -0.25) is 9.89 Å². The number of aliphatic carboxylic acids is 1. The molecule has 0 amide bonds. The van der Waals surface area contributed by atoms with Crippen molar-refractivity contribution in [1.82, 2.24) is 10.2 Å². The van der Waals surface area contributed by atoms with Gasteiger partial charge in [0.05, 0.1) is 12.1 Å². The van der Waals surface area contributed by atoms with Gasteiger partial charge < -0.3 is 5.11 Å². The van der Waals surface area contributed by atoms with E-state index in [2.05, 4.69) is 24.0 Å². The van der Waals surface area contributed by atoms with E-state index in [9.17, 15) is 4.79 Å². The first-order valence-corrected chi connectivity index (χ1v) is 4.78. The fourth-order valence-corrected chi connectivity index (χ4v) is 1.67. The maximum absolute atomic E-state index is 10.4. The number of rotatable bonds is 4. The first kappa shape index (κ1) is 10.8. The van der Waals surface area contributed by atoms with E-state index in [1.807, 2.05) is 6.92 Å². The van der Waals surface area contributed by atoms with Gasteiger partial charge >= 0.3 is 5.97 Å². The van der Waals surface area contributed by atoms with Crippen molar-refractivity contribution in [3.05, 3.63) is 17.0 Å². The third-order valence-corrected chi connectivity index (χ3v) is 2.23. The molecule has 1 heterocycles. The zero-order valence-electron chi connectivity index (χ0n) is 8.79. The predicted molar refractivity (Wildman–Crippen MR) is 53.4 cm³/mol. The molecule has 0 unspecified atom stereocenters. The van der Waals surface area contributed by atoms with Gasteiger partial charge in [-0.25, -0.2) is 0 Å². The van der Waals surface area contributed by atoms with Crippen LogP contribution in [0.3, 0.4) is 0 Å². The number of aryl methyl sites for hydroxylation is 2. The Morgan fingerprint density at radius 1 is 1.57 bits per heavy atom. The van der Waals surface area contributed by atoms with E-state index >= 15 is 0 Å². The van der Waals surface area contributed by atoms with E-state index in [4.69, 9.17) is 5.11 Å². The molecule has 0 spiro atoms. The number of H-pyrrole nitrogens is 1. The summed E-state index contributed by atoms with van der Waals surface area (Å²) >= 11 is 0. The SMILES string of the molecule is Cc1[nH]nc(CCC(=O)O)c1C(C)C. The van der Waals surface area contributed by atoms with Crippen LogP contribution in [0.4, 0.5) is 0 Å². The van der Waals surface area contributed by atoms with Crippen molar-refractivity contribution in [1.29, 1.82) is 0 Å². The molecular weight excluding hydrogens is 180 g/mol. The molecule has 0 saturated carbocycles. The van der Waals surface area contributed by atoms with Crippen molar-refractivity contribution in [3.63, 3.8) is 0 Å². The van der Waals surface area contributed by atoms with E-state index in [1.54, 1.807) is 0 Å². The van der Waals surface area contributed by atoms with Crippen LogP contribution in [0.1, 0.15) is 43.1 Å². The largest absolute Gasteiger partial charge is 0.481 e. The average molecular weight is 196 g/mol. The molecule has 0 bridgehead atoms. The number of nitrogens with one attached hydrogen (secondary N) is 1. The smallest absolute Gasteiger partial charge is 0.303 e. The number of aromatic amines is 1. The molecule has 14 heavy (non-hydrogen) atoms. The minimum atomic E-state index is -0.777. The third kappa shape index (κ3) is 2.34. The standard InChI is InChI=1S/C10H16N2O2/c1-6(2)10-7(3)11-12-8(10)4-5-9(13)14/h6H,4-5H2,1-3H3,(H,11,12)(H,13,14). The zero-order chi connectivity index (χ0) is 10.7.